The van der Waals surface area contributed by atoms with Crippen molar-refractivity contribution in [2.24, 2.45) is 0 Å². The van der Waals surface area contributed by atoms with Crippen LogP contribution in [0.3, 0.4) is 0 Å². The molecule has 0 radical (unpaired) electrons. The fourth-order valence-electron chi connectivity index (χ4n) is 1.19. The normalized spacial score (nSPS) is 10.8. The first-order valence-corrected chi connectivity index (χ1v) is 6.62. The van der Waals surface area contributed by atoms with Crippen molar-refractivity contribution >= 4 is 29.2 Å². The molecule has 20 heavy (non-hydrogen) atoms. The number of carboxylic acids is 1. The van der Waals surface area contributed by atoms with Crippen LogP contribution in [0.25, 0.3) is 0 Å². The third kappa shape index (κ3) is 5.70. The lowest BCUT2D eigenvalue weighted by molar-refractivity contribution is -0.122. The first-order valence-electron chi connectivity index (χ1n) is 5.74. The summed E-state index contributed by atoms with van der Waals surface area (Å²) in [6.45, 7) is 4.98. The molecule has 0 aliphatic carbocycles. The van der Waals surface area contributed by atoms with Crippen molar-refractivity contribution in [2.75, 3.05) is 6.61 Å². The predicted octanol–water partition coefficient (Wildman–Crippen LogP) is 1.45. The van der Waals surface area contributed by atoms with Crippen LogP contribution in [0.1, 0.15) is 30.4 Å². The summed E-state index contributed by atoms with van der Waals surface area (Å²) < 4.78 is 5.08. The number of hydrogen-bond donors (Lipinski definition) is 3. The van der Waals surface area contributed by atoms with Crippen molar-refractivity contribution in [3.63, 3.8) is 0 Å². The van der Waals surface area contributed by atoms with Gasteiger partial charge in [-0.05, 0) is 20.8 Å². The van der Waals surface area contributed by atoms with Gasteiger partial charge in [-0.15, -0.1) is 11.3 Å². The SMILES string of the molecule is CC(C)(C)NC(=O)NC(=O)COc1csc(C(=O)O)c1. The van der Waals surface area contributed by atoms with Gasteiger partial charge in [0.1, 0.15) is 10.6 Å². The minimum atomic E-state index is -1.06. The van der Waals surface area contributed by atoms with Gasteiger partial charge in [-0.1, -0.05) is 0 Å². The molecule has 0 aliphatic rings. The monoisotopic (exact) mass is 300 g/mol. The molecule has 1 heterocycles. The van der Waals surface area contributed by atoms with E-state index >= 15 is 0 Å². The second-order valence-electron chi connectivity index (χ2n) is 4.99. The smallest absolute Gasteiger partial charge is 0.346 e. The molecule has 0 aliphatic heterocycles. The number of hydrogen-bond acceptors (Lipinski definition) is 5. The van der Waals surface area contributed by atoms with E-state index in [1.54, 1.807) is 20.8 Å². The molecule has 0 bridgehead atoms. The van der Waals surface area contributed by atoms with Gasteiger partial charge in [-0.2, -0.15) is 0 Å². The topological polar surface area (TPSA) is 105 Å². The van der Waals surface area contributed by atoms with Crippen molar-refractivity contribution in [2.45, 2.75) is 26.3 Å². The van der Waals surface area contributed by atoms with Crippen LogP contribution in [0.4, 0.5) is 4.79 Å². The molecule has 1 rings (SSSR count). The number of carbonyl (C=O) groups excluding carboxylic acids is 2. The molecular formula is C12H16N2O5S. The van der Waals surface area contributed by atoms with Crippen molar-refractivity contribution in [3.8, 4) is 5.75 Å². The summed E-state index contributed by atoms with van der Waals surface area (Å²) in [4.78, 5) is 33.6. The van der Waals surface area contributed by atoms with Gasteiger partial charge in [0.15, 0.2) is 6.61 Å². The first kappa shape index (κ1) is 16.0. The number of ether oxygens (including phenoxy) is 1. The number of carboxylic acid groups (broad SMARTS) is 1. The maximum atomic E-state index is 11.4. The second kappa shape index (κ2) is 6.38. The molecular weight excluding hydrogens is 284 g/mol. The zero-order chi connectivity index (χ0) is 15.3. The van der Waals surface area contributed by atoms with Crippen LogP contribution in [0.5, 0.6) is 5.75 Å². The Bertz CT molecular complexity index is 518. The van der Waals surface area contributed by atoms with E-state index in [1.807, 2.05) is 0 Å². The molecule has 1 aromatic rings. The average Bonchev–Trinajstić information content (AvgIpc) is 2.72. The summed E-state index contributed by atoms with van der Waals surface area (Å²) in [5, 5.41) is 14.9. The Morgan fingerprint density at radius 3 is 2.50 bits per heavy atom. The number of aromatic carboxylic acids is 1. The van der Waals surface area contributed by atoms with Crippen LogP contribution in [-0.2, 0) is 4.79 Å². The van der Waals surface area contributed by atoms with Crippen molar-refractivity contribution < 1.29 is 24.2 Å². The van der Waals surface area contributed by atoms with E-state index in [1.165, 1.54) is 11.4 Å². The van der Waals surface area contributed by atoms with Gasteiger partial charge in [0, 0.05) is 17.0 Å². The lowest BCUT2D eigenvalue weighted by Crippen LogP contribution is -2.49. The molecule has 0 saturated heterocycles. The zero-order valence-corrected chi connectivity index (χ0v) is 12.2. The van der Waals surface area contributed by atoms with Crippen molar-refractivity contribution in [1.29, 1.82) is 0 Å². The van der Waals surface area contributed by atoms with E-state index in [4.69, 9.17) is 9.84 Å². The van der Waals surface area contributed by atoms with E-state index in [0.29, 0.717) is 0 Å². The molecule has 3 N–H and O–H groups in total. The fourth-order valence-corrected chi connectivity index (χ4v) is 1.85. The van der Waals surface area contributed by atoms with E-state index in [-0.39, 0.29) is 17.2 Å². The summed E-state index contributed by atoms with van der Waals surface area (Å²) in [6.07, 6.45) is 0. The molecule has 0 atom stereocenters. The Hall–Kier alpha value is -2.09. The van der Waals surface area contributed by atoms with E-state index < -0.39 is 23.4 Å². The van der Waals surface area contributed by atoms with Crippen molar-refractivity contribution in [1.82, 2.24) is 10.6 Å². The highest BCUT2D eigenvalue weighted by Crippen LogP contribution is 2.21. The van der Waals surface area contributed by atoms with Gasteiger partial charge < -0.3 is 15.2 Å². The highest BCUT2D eigenvalue weighted by atomic mass is 32.1. The highest BCUT2D eigenvalue weighted by Gasteiger charge is 2.16. The fraction of sp³-hybridized carbons (Fsp3) is 0.417. The number of thiophene rings is 1. The lowest BCUT2D eigenvalue weighted by Gasteiger charge is -2.20. The minimum Gasteiger partial charge on any atom is -0.483 e. The molecule has 0 fully saturated rings. The van der Waals surface area contributed by atoms with Crippen LogP contribution in [0.15, 0.2) is 11.4 Å². The van der Waals surface area contributed by atoms with Gasteiger partial charge in [0.2, 0.25) is 0 Å². The van der Waals surface area contributed by atoms with E-state index in [0.717, 1.165) is 11.3 Å². The van der Waals surface area contributed by atoms with Gasteiger partial charge in [0.05, 0.1) is 0 Å². The maximum absolute atomic E-state index is 11.4. The Balaban J connectivity index is 2.39. The predicted molar refractivity (Wildman–Crippen MR) is 73.2 cm³/mol. The molecule has 8 heteroatoms. The summed E-state index contributed by atoms with van der Waals surface area (Å²) in [7, 11) is 0. The number of carbonyl (C=O) groups is 3. The number of urea groups is 1. The Kier molecular flexibility index (Phi) is 5.09. The quantitative estimate of drug-likeness (QED) is 0.780. The summed E-state index contributed by atoms with van der Waals surface area (Å²) in [6, 6.07) is 0.706. The third-order valence-corrected chi connectivity index (χ3v) is 2.79. The van der Waals surface area contributed by atoms with Gasteiger partial charge in [0.25, 0.3) is 5.91 Å². The molecule has 1 aromatic heterocycles. The summed E-state index contributed by atoms with van der Waals surface area (Å²) >= 11 is 0.996. The average molecular weight is 300 g/mol. The number of imide groups is 1. The Morgan fingerprint density at radius 1 is 1.35 bits per heavy atom. The number of rotatable bonds is 4. The summed E-state index contributed by atoms with van der Waals surface area (Å²) in [5.41, 5.74) is -0.449. The highest BCUT2D eigenvalue weighted by molar-refractivity contribution is 7.12. The van der Waals surface area contributed by atoms with Gasteiger partial charge in [-0.3, -0.25) is 10.1 Å². The Morgan fingerprint density at radius 2 is 2.00 bits per heavy atom. The zero-order valence-electron chi connectivity index (χ0n) is 11.4. The van der Waals surface area contributed by atoms with Crippen LogP contribution in [-0.4, -0.2) is 35.2 Å². The molecule has 110 valence electrons. The molecule has 0 spiro atoms. The largest absolute Gasteiger partial charge is 0.483 e. The summed E-state index contributed by atoms with van der Waals surface area (Å²) in [5.74, 6) is -1.40. The Labute approximate surface area is 119 Å². The molecule has 0 aromatic carbocycles. The van der Waals surface area contributed by atoms with Gasteiger partial charge in [-0.25, -0.2) is 9.59 Å². The van der Waals surface area contributed by atoms with Crippen LogP contribution < -0.4 is 15.4 Å². The lowest BCUT2D eigenvalue weighted by atomic mass is 10.1. The van der Waals surface area contributed by atoms with E-state index in [9.17, 15) is 14.4 Å². The minimum absolute atomic E-state index is 0.117. The van der Waals surface area contributed by atoms with E-state index in [2.05, 4.69) is 10.6 Å². The second-order valence-corrected chi connectivity index (χ2v) is 5.90. The van der Waals surface area contributed by atoms with Crippen LogP contribution in [0, 0.1) is 0 Å². The molecule has 0 saturated carbocycles. The standard InChI is InChI=1S/C12H16N2O5S/c1-12(2,3)14-11(18)13-9(15)5-19-7-4-8(10(16)17)20-6-7/h4,6H,5H2,1-3H3,(H,16,17)(H2,13,14,15,18). The van der Waals surface area contributed by atoms with Crippen LogP contribution >= 0.6 is 11.3 Å². The molecule has 7 nitrogen and oxygen atoms in total. The van der Waals surface area contributed by atoms with Crippen LogP contribution in [0.2, 0.25) is 0 Å². The maximum Gasteiger partial charge on any atom is 0.346 e. The number of nitrogens with one attached hydrogen (secondary N) is 2. The van der Waals surface area contributed by atoms with Crippen molar-refractivity contribution in [3.05, 3.63) is 16.3 Å². The molecule has 3 amide bonds. The molecule has 0 unspecified atom stereocenters. The number of amides is 3. The first-order chi connectivity index (χ1) is 9.17. The van der Waals surface area contributed by atoms with Gasteiger partial charge >= 0.3 is 12.0 Å². The third-order valence-electron chi connectivity index (χ3n) is 1.90.